The normalized spacial score (nSPS) is 12.3. The Morgan fingerprint density at radius 1 is 1.40 bits per heavy atom. The van der Waals surface area contributed by atoms with Gasteiger partial charge in [0.25, 0.3) is 0 Å². The van der Waals surface area contributed by atoms with Gasteiger partial charge in [0.2, 0.25) is 0 Å². The molecule has 0 aliphatic heterocycles. The molecular formula is C11H8ClN3. The molecule has 0 aliphatic rings. The number of hydrogen-bond acceptors (Lipinski definition) is 3. The van der Waals surface area contributed by atoms with Crippen LogP contribution in [-0.4, -0.2) is 16.1 Å². The summed E-state index contributed by atoms with van der Waals surface area (Å²) in [4.78, 5) is 0. The lowest BCUT2D eigenvalue weighted by molar-refractivity contribution is 0.878. The maximum atomic E-state index is 8.94. The molecule has 4 heteroatoms. The second-order valence-corrected chi connectivity index (χ2v) is 3.46. The third-order valence-corrected chi connectivity index (χ3v) is 2.55. The van der Waals surface area contributed by atoms with Gasteiger partial charge in [-0.05, 0) is 0 Å². The number of benzene rings is 1. The zero-order valence-electron chi connectivity index (χ0n) is 7.89. The molecule has 1 aromatic carbocycles. The van der Waals surface area contributed by atoms with Crippen LogP contribution < -0.4 is 0 Å². The minimum absolute atomic E-state index is 0.235. The van der Waals surface area contributed by atoms with Crippen molar-refractivity contribution in [3.8, 4) is 6.07 Å². The molecule has 3 nitrogen and oxygen atoms in total. The predicted octanol–water partition coefficient (Wildman–Crippen LogP) is 2.48. The van der Waals surface area contributed by atoms with Gasteiger partial charge in [0.15, 0.2) is 0 Å². The molecule has 0 saturated heterocycles. The fourth-order valence-corrected chi connectivity index (χ4v) is 1.69. The van der Waals surface area contributed by atoms with Crippen LogP contribution in [0.15, 0.2) is 30.5 Å². The Kier molecular flexibility index (Phi) is 2.79. The van der Waals surface area contributed by atoms with Crippen LogP contribution in [0.1, 0.15) is 11.6 Å². The molecule has 0 aliphatic carbocycles. The Morgan fingerprint density at radius 3 is 2.93 bits per heavy atom. The average molecular weight is 218 g/mol. The van der Waals surface area contributed by atoms with E-state index in [9.17, 15) is 0 Å². The molecular weight excluding hydrogens is 210 g/mol. The van der Waals surface area contributed by atoms with Crippen LogP contribution in [-0.2, 0) is 0 Å². The van der Waals surface area contributed by atoms with E-state index in [1.807, 2.05) is 24.3 Å². The van der Waals surface area contributed by atoms with Crippen LogP contribution in [0.3, 0.4) is 0 Å². The highest BCUT2D eigenvalue weighted by Gasteiger charge is 2.14. The van der Waals surface area contributed by atoms with E-state index in [2.05, 4.69) is 16.3 Å². The first kappa shape index (κ1) is 9.88. The van der Waals surface area contributed by atoms with Crippen LogP contribution in [0.25, 0.3) is 10.8 Å². The van der Waals surface area contributed by atoms with Gasteiger partial charge in [-0.3, -0.25) is 0 Å². The van der Waals surface area contributed by atoms with E-state index in [0.717, 1.165) is 10.8 Å². The molecule has 0 saturated carbocycles. The van der Waals surface area contributed by atoms with Crippen LogP contribution >= 0.6 is 11.6 Å². The van der Waals surface area contributed by atoms with Crippen LogP contribution in [0, 0.1) is 11.3 Å². The van der Waals surface area contributed by atoms with Crippen molar-refractivity contribution in [3.05, 3.63) is 36.2 Å². The monoisotopic (exact) mass is 217 g/mol. The van der Waals surface area contributed by atoms with Gasteiger partial charge in [0, 0.05) is 16.7 Å². The van der Waals surface area contributed by atoms with E-state index in [1.165, 1.54) is 0 Å². The first-order chi connectivity index (χ1) is 7.36. The van der Waals surface area contributed by atoms with Crippen molar-refractivity contribution in [1.82, 2.24) is 10.2 Å². The molecule has 0 bridgehead atoms. The topological polar surface area (TPSA) is 49.6 Å². The Labute approximate surface area is 92.3 Å². The minimum atomic E-state index is -0.398. The number of nitriles is 1. The average Bonchev–Trinajstić information content (AvgIpc) is 2.31. The molecule has 0 amide bonds. The third kappa shape index (κ3) is 1.77. The predicted molar refractivity (Wildman–Crippen MR) is 58.6 cm³/mol. The Hall–Kier alpha value is -1.66. The second-order valence-electron chi connectivity index (χ2n) is 3.15. The van der Waals surface area contributed by atoms with Gasteiger partial charge in [-0.15, -0.1) is 11.6 Å². The quantitative estimate of drug-likeness (QED) is 0.727. The highest BCUT2D eigenvalue weighted by Crippen LogP contribution is 2.22. The number of halogens is 1. The van der Waals surface area contributed by atoms with Crippen molar-refractivity contribution in [1.29, 1.82) is 5.26 Å². The summed E-state index contributed by atoms with van der Waals surface area (Å²) in [6.45, 7) is 0. The van der Waals surface area contributed by atoms with Crippen LogP contribution in [0.5, 0.6) is 0 Å². The van der Waals surface area contributed by atoms with E-state index in [4.69, 9.17) is 16.9 Å². The van der Waals surface area contributed by atoms with Gasteiger partial charge in [0.05, 0.1) is 18.0 Å². The van der Waals surface area contributed by atoms with Crippen molar-refractivity contribution in [3.63, 3.8) is 0 Å². The molecule has 1 atom stereocenters. The molecule has 0 radical (unpaired) electrons. The van der Waals surface area contributed by atoms with Gasteiger partial charge in [-0.1, -0.05) is 24.3 Å². The van der Waals surface area contributed by atoms with Gasteiger partial charge in [0.1, 0.15) is 5.92 Å². The zero-order valence-corrected chi connectivity index (χ0v) is 8.65. The first-order valence-electron chi connectivity index (χ1n) is 4.52. The van der Waals surface area contributed by atoms with Gasteiger partial charge in [-0.25, -0.2) is 0 Å². The lowest BCUT2D eigenvalue weighted by Gasteiger charge is -2.06. The molecule has 0 spiro atoms. The number of alkyl halides is 1. The van der Waals surface area contributed by atoms with E-state index in [0.29, 0.717) is 5.69 Å². The Bertz CT molecular complexity index is 513. The molecule has 1 heterocycles. The molecule has 0 fully saturated rings. The summed E-state index contributed by atoms with van der Waals surface area (Å²) >= 11 is 5.71. The lowest BCUT2D eigenvalue weighted by Crippen LogP contribution is -2.02. The number of rotatable bonds is 2. The number of hydrogen-bond donors (Lipinski definition) is 0. The highest BCUT2D eigenvalue weighted by atomic mass is 35.5. The van der Waals surface area contributed by atoms with Crippen molar-refractivity contribution in [2.75, 3.05) is 5.88 Å². The van der Waals surface area contributed by atoms with Gasteiger partial charge in [-0.2, -0.15) is 15.5 Å². The molecule has 15 heavy (non-hydrogen) atoms. The minimum Gasteiger partial charge on any atom is -0.198 e. The molecule has 2 rings (SSSR count). The van der Waals surface area contributed by atoms with Crippen molar-refractivity contribution in [2.45, 2.75) is 5.92 Å². The van der Waals surface area contributed by atoms with Crippen molar-refractivity contribution < 1.29 is 0 Å². The summed E-state index contributed by atoms with van der Waals surface area (Å²) < 4.78 is 0. The summed E-state index contributed by atoms with van der Waals surface area (Å²) in [5.41, 5.74) is 0.658. The summed E-state index contributed by atoms with van der Waals surface area (Å²) in [5, 5.41) is 18.7. The molecule has 0 N–H and O–H groups in total. The first-order valence-corrected chi connectivity index (χ1v) is 5.06. The molecule has 2 aromatic rings. The largest absolute Gasteiger partial charge is 0.198 e. The van der Waals surface area contributed by atoms with Crippen LogP contribution in [0.2, 0.25) is 0 Å². The number of aromatic nitrogens is 2. The Balaban J connectivity index is 2.66. The SMILES string of the molecule is N#CC(CCl)c1nncc2ccccc12. The fourth-order valence-electron chi connectivity index (χ4n) is 1.48. The van der Waals surface area contributed by atoms with Crippen molar-refractivity contribution in [2.24, 2.45) is 0 Å². The standard InChI is InChI=1S/C11H8ClN3/c12-5-9(6-13)11-10-4-2-1-3-8(10)7-14-15-11/h1-4,7,9H,5H2. The summed E-state index contributed by atoms with van der Waals surface area (Å²) in [5.74, 6) is -0.163. The third-order valence-electron chi connectivity index (χ3n) is 2.24. The van der Waals surface area contributed by atoms with Crippen LogP contribution in [0.4, 0.5) is 0 Å². The fraction of sp³-hybridized carbons (Fsp3) is 0.182. The molecule has 1 aromatic heterocycles. The lowest BCUT2D eigenvalue weighted by atomic mass is 10.0. The second kappa shape index (κ2) is 4.24. The van der Waals surface area contributed by atoms with Gasteiger partial charge < -0.3 is 0 Å². The smallest absolute Gasteiger partial charge is 0.104 e. The maximum absolute atomic E-state index is 8.94. The maximum Gasteiger partial charge on any atom is 0.104 e. The number of fused-ring (bicyclic) bond motifs is 1. The van der Waals surface area contributed by atoms with E-state index >= 15 is 0 Å². The molecule has 74 valence electrons. The van der Waals surface area contributed by atoms with E-state index < -0.39 is 5.92 Å². The summed E-state index contributed by atoms with van der Waals surface area (Å²) in [6, 6.07) is 9.83. The number of nitrogens with zero attached hydrogens (tertiary/aromatic N) is 3. The Morgan fingerprint density at radius 2 is 2.20 bits per heavy atom. The summed E-state index contributed by atoms with van der Waals surface area (Å²) in [6.07, 6.45) is 1.68. The van der Waals surface area contributed by atoms with E-state index in [-0.39, 0.29) is 5.88 Å². The van der Waals surface area contributed by atoms with E-state index in [1.54, 1.807) is 6.20 Å². The summed E-state index contributed by atoms with van der Waals surface area (Å²) in [7, 11) is 0. The highest BCUT2D eigenvalue weighted by molar-refractivity contribution is 6.18. The van der Waals surface area contributed by atoms with Crippen molar-refractivity contribution >= 4 is 22.4 Å². The van der Waals surface area contributed by atoms with Gasteiger partial charge >= 0.3 is 0 Å². The zero-order chi connectivity index (χ0) is 10.7. The molecule has 1 unspecified atom stereocenters.